The number of aryl methyl sites for hydroxylation is 1. The number of carbonyl (C=O) groups excluding carboxylic acids is 2. The fraction of sp³-hybridized carbons (Fsp3) is 0.273. The Morgan fingerprint density at radius 3 is 2.74 bits per heavy atom. The van der Waals surface area contributed by atoms with Gasteiger partial charge in [-0.25, -0.2) is 14.6 Å². The molecular formula is C11H13N3O5. The highest BCUT2D eigenvalue weighted by molar-refractivity contribution is 6.02. The molecule has 0 saturated heterocycles. The third kappa shape index (κ3) is 5.48. The Kier molecular flexibility index (Phi) is 5.27. The van der Waals surface area contributed by atoms with E-state index in [1.165, 1.54) is 0 Å². The van der Waals surface area contributed by atoms with E-state index in [0.29, 0.717) is 24.1 Å². The second-order valence-electron chi connectivity index (χ2n) is 3.42. The average molecular weight is 267 g/mol. The first-order valence-corrected chi connectivity index (χ1v) is 5.44. The molecule has 0 saturated carbocycles. The van der Waals surface area contributed by atoms with E-state index in [4.69, 9.17) is 9.52 Å². The summed E-state index contributed by atoms with van der Waals surface area (Å²) in [6.07, 6.45) is 3.61. The normalized spacial score (nSPS) is 10.4. The van der Waals surface area contributed by atoms with Gasteiger partial charge in [0.05, 0.1) is 12.7 Å². The van der Waals surface area contributed by atoms with Gasteiger partial charge in [0.25, 0.3) is 5.91 Å². The number of imide groups is 1. The molecule has 0 aliphatic carbocycles. The summed E-state index contributed by atoms with van der Waals surface area (Å²) in [7, 11) is 0. The summed E-state index contributed by atoms with van der Waals surface area (Å²) in [5.74, 6) is -1.10. The molecule has 0 bridgehead atoms. The number of nitrogens with one attached hydrogen (secondary N) is 2. The summed E-state index contributed by atoms with van der Waals surface area (Å²) in [6, 6.07) is -0.767. The topological polar surface area (TPSA) is 122 Å². The van der Waals surface area contributed by atoms with Crippen molar-refractivity contribution < 1.29 is 23.9 Å². The summed E-state index contributed by atoms with van der Waals surface area (Å²) >= 11 is 0. The van der Waals surface area contributed by atoms with Crippen molar-refractivity contribution >= 4 is 17.9 Å². The number of hydrogen-bond donors (Lipinski definition) is 3. The molecule has 8 nitrogen and oxygen atoms in total. The maximum absolute atomic E-state index is 11.3. The number of urea groups is 1. The molecule has 1 rings (SSSR count). The Labute approximate surface area is 108 Å². The second-order valence-corrected chi connectivity index (χ2v) is 3.42. The van der Waals surface area contributed by atoms with Crippen LogP contribution in [0.25, 0.3) is 0 Å². The van der Waals surface area contributed by atoms with Gasteiger partial charge in [-0.05, 0) is 0 Å². The lowest BCUT2D eigenvalue weighted by Crippen LogP contribution is -2.38. The quantitative estimate of drug-likeness (QED) is 0.655. The Bertz CT molecular complexity index is 506. The first-order chi connectivity index (χ1) is 9.01. The molecule has 0 unspecified atom stereocenters. The van der Waals surface area contributed by atoms with Crippen LogP contribution in [0.4, 0.5) is 4.79 Å². The Balaban J connectivity index is 2.35. The van der Waals surface area contributed by atoms with Gasteiger partial charge < -0.3 is 14.8 Å². The van der Waals surface area contributed by atoms with Gasteiger partial charge in [-0.1, -0.05) is 6.92 Å². The molecule has 0 spiro atoms. The first-order valence-electron chi connectivity index (χ1n) is 5.44. The minimum Gasteiger partial charge on any atom is -0.478 e. The van der Waals surface area contributed by atoms with Crippen LogP contribution in [0.5, 0.6) is 0 Å². The molecule has 0 aromatic carbocycles. The average Bonchev–Trinajstić information content (AvgIpc) is 2.82. The smallest absolute Gasteiger partial charge is 0.328 e. The number of hydrogen-bond acceptors (Lipinski definition) is 5. The summed E-state index contributed by atoms with van der Waals surface area (Å²) in [6.45, 7) is 1.93. The van der Waals surface area contributed by atoms with E-state index in [0.717, 1.165) is 6.08 Å². The number of carbonyl (C=O) groups is 3. The van der Waals surface area contributed by atoms with Crippen LogP contribution in [0.15, 0.2) is 22.8 Å². The molecule has 1 aromatic rings. The molecule has 0 fully saturated rings. The fourth-order valence-corrected chi connectivity index (χ4v) is 1.09. The maximum atomic E-state index is 11.3. The Morgan fingerprint density at radius 1 is 1.42 bits per heavy atom. The van der Waals surface area contributed by atoms with Gasteiger partial charge in [0, 0.05) is 18.6 Å². The monoisotopic (exact) mass is 267 g/mol. The van der Waals surface area contributed by atoms with Crippen molar-refractivity contribution in [1.82, 2.24) is 15.6 Å². The van der Waals surface area contributed by atoms with Gasteiger partial charge in [0.1, 0.15) is 5.76 Å². The van der Waals surface area contributed by atoms with Crippen molar-refractivity contribution in [1.29, 1.82) is 0 Å². The predicted molar refractivity (Wildman–Crippen MR) is 63.0 cm³/mol. The van der Waals surface area contributed by atoms with E-state index < -0.39 is 17.9 Å². The van der Waals surface area contributed by atoms with Crippen molar-refractivity contribution in [2.24, 2.45) is 0 Å². The molecule has 0 aliphatic rings. The first kappa shape index (κ1) is 14.4. The molecule has 19 heavy (non-hydrogen) atoms. The van der Waals surface area contributed by atoms with Crippen molar-refractivity contribution in [3.63, 3.8) is 0 Å². The fourth-order valence-electron chi connectivity index (χ4n) is 1.09. The van der Waals surface area contributed by atoms with Crippen molar-refractivity contribution in [3.8, 4) is 0 Å². The zero-order chi connectivity index (χ0) is 14.3. The molecule has 102 valence electrons. The van der Waals surface area contributed by atoms with Crippen molar-refractivity contribution in [3.05, 3.63) is 30.0 Å². The van der Waals surface area contributed by atoms with Crippen LogP contribution >= 0.6 is 0 Å². The molecule has 1 heterocycles. The zero-order valence-electron chi connectivity index (χ0n) is 10.2. The van der Waals surface area contributed by atoms with Crippen LogP contribution in [0.1, 0.15) is 18.6 Å². The van der Waals surface area contributed by atoms with Crippen LogP contribution in [0.2, 0.25) is 0 Å². The van der Waals surface area contributed by atoms with E-state index in [9.17, 15) is 14.4 Å². The summed E-state index contributed by atoms with van der Waals surface area (Å²) in [5.41, 5.74) is 0. The number of rotatable bonds is 5. The maximum Gasteiger partial charge on any atom is 0.328 e. The summed E-state index contributed by atoms with van der Waals surface area (Å²) in [5, 5.41) is 12.6. The van der Waals surface area contributed by atoms with Gasteiger partial charge in [0.2, 0.25) is 5.89 Å². The standard InChI is InChI=1S/C11H13N3O5/c1-2-7-5-12-9(19-7)6-13-11(18)14-8(15)3-4-10(16)17/h3-5H,2,6H2,1H3,(H,16,17)(H2,13,14,15,18)/b4-3+. The highest BCUT2D eigenvalue weighted by Crippen LogP contribution is 2.03. The van der Waals surface area contributed by atoms with Crippen LogP contribution in [0, 0.1) is 0 Å². The van der Waals surface area contributed by atoms with E-state index >= 15 is 0 Å². The van der Waals surface area contributed by atoms with E-state index in [1.54, 1.807) is 6.20 Å². The number of oxazole rings is 1. The molecule has 0 aliphatic heterocycles. The molecular weight excluding hydrogens is 254 g/mol. The SMILES string of the molecule is CCc1cnc(CNC(=O)NC(=O)/C=C/C(=O)O)o1. The van der Waals surface area contributed by atoms with Crippen molar-refractivity contribution in [2.75, 3.05) is 0 Å². The molecule has 0 atom stereocenters. The number of aliphatic carboxylic acids is 1. The minimum absolute atomic E-state index is 0.0295. The third-order valence-corrected chi connectivity index (χ3v) is 1.96. The highest BCUT2D eigenvalue weighted by Gasteiger charge is 2.07. The molecule has 0 radical (unpaired) electrons. The summed E-state index contributed by atoms with van der Waals surface area (Å²) in [4.78, 5) is 36.4. The minimum atomic E-state index is -1.28. The van der Waals surface area contributed by atoms with E-state index in [-0.39, 0.29) is 6.54 Å². The van der Waals surface area contributed by atoms with E-state index in [1.807, 2.05) is 12.2 Å². The molecule has 3 N–H and O–H groups in total. The third-order valence-electron chi connectivity index (χ3n) is 1.96. The van der Waals surface area contributed by atoms with Gasteiger partial charge in [-0.2, -0.15) is 0 Å². The Morgan fingerprint density at radius 2 is 2.16 bits per heavy atom. The van der Waals surface area contributed by atoms with Gasteiger partial charge >= 0.3 is 12.0 Å². The van der Waals surface area contributed by atoms with Gasteiger partial charge in [0.15, 0.2) is 0 Å². The van der Waals surface area contributed by atoms with Gasteiger partial charge in [-0.15, -0.1) is 0 Å². The van der Waals surface area contributed by atoms with Crippen LogP contribution in [-0.4, -0.2) is 28.0 Å². The molecule has 3 amide bonds. The lowest BCUT2D eigenvalue weighted by molar-refractivity contribution is -0.131. The molecule has 1 aromatic heterocycles. The van der Waals surface area contributed by atoms with E-state index in [2.05, 4.69) is 10.3 Å². The highest BCUT2D eigenvalue weighted by atomic mass is 16.4. The number of aromatic nitrogens is 1. The number of nitrogens with zero attached hydrogens (tertiary/aromatic N) is 1. The number of carboxylic acid groups (broad SMARTS) is 1. The zero-order valence-corrected chi connectivity index (χ0v) is 10.2. The predicted octanol–water partition coefficient (Wildman–Crippen LogP) is 0.204. The lowest BCUT2D eigenvalue weighted by Gasteiger charge is -2.02. The van der Waals surface area contributed by atoms with Gasteiger partial charge in [-0.3, -0.25) is 10.1 Å². The number of amides is 3. The molecule has 8 heteroatoms. The Hall–Kier alpha value is -2.64. The largest absolute Gasteiger partial charge is 0.478 e. The van der Waals surface area contributed by atoms with Crippen molar-refractivity contribution in [2.45, 2.75) is 19.9 Å². The summed E-state index contributed by atoms with van der Waals surface area (Å²) < 4.78 is 5.24. The van der Waals surface area contributed by atoms with Crippen LogP contribution in [-0.2, 0) is 22.6 Å². The lowest BCUT2D eigenvalue weighted by atomic mass is 10.4. The van der Waals surface area contributed by atoms with Crippen LogP contribution in [0.3, 0.4) is 0 Å². The number of carboxylic acids is 1. The van der Waals surface area contributed by atoms with Crippen LogP contribution < -0.4 is 10.6 Å². The second kappa shape index (κ2) is 6.94.